The van der Waals surface area contributed by atoms with Gasteiger partial charge in [-0.1, -0.05) is 51.1 Å². The molecule has 1 saturated heterocycles. The summed E-state index contributed by atoms with van der Waals surface area (Å²) in [6.45, 7) is 7.52. The van der Waals surface area contributed by atoms with Gasteiger partial charge in [0.05, 0.1) is 5.41 Å². The molecule has 1 aliphatic heterocycles. The average molecular weight is 422 g/mol. The lowest BCUT2D eigenvalue weighted by atomic mass is 9.71. The Labute approximate surface area is 186 Å². The molecule has 0 aliphatic carbocycles. The summed E-state index contributed by atoms with van der Waals surface area (Å²) < 4.78 is 0. The lowest BCUT2D eigenvalue weighted by Crippen LogP contribution is -2.51. The maximum Gasteiger partial charge on any atom is 0.228 e. The Kier molecular flexibility index (Phi) is 6.83. The number of rotatable bonds is 5. The van der Waals surface area contributed by atoms with Gasteiger partial charge in [0.1, 0.15) is 0 Å². The van der Waals surface area contributed by atoms with Crippen molar-refractivity contribution in [3.05, 3.63) is 54.4 Å². The number of aromatic nitrogens is 1. The molecule has 1 aliphatic rings. The summed E-state index contributed by atoms with van der Waals surface area (Å²) in [7, 11) is 3.66. The SMILES string of the molecule is CN(C)C(=O)C1(Cc2ccccc2-c2cccnc2)CCN(C(=O)CC(C)(C)C)CC1. The van der Waals surface area contributed by atoms with Crippen molar-refractivity contribution < 1.29 is 9.59 Å². The van der Waals surface area contributed by atoms with Crippen molar-refractivity contribution in [1.82, 2.24) is 14.8 Å². The predicted molar refractivity (Wildman–Crippen MR) is 124 cm³/mol. The highest BCUT2D eigenvalue weighted by molar-refractivity contribution is 5.84. The topological polar surface area (TPSA) is 53.5 Å². The lowest BCUT2D eigenvalue weighted by Gasteiger charge is -2.43. The number of carbonyl (C=O) groups is 2. The highest BCUT2D eigenvalue weighted by Gasteiger charge is 2.43. The van der Waals surface area contributed by atoms with Crippen LogP contribution in [-0.2, 0) is 16.0 Å². The van der Waals surface area contributed by atoms with Crippen molar-refractivity contribution in [1.29, 1.82) is 0 Å². The first-order valence-corrected chi connectivity index (χ1v) is 11.1. The predicted octanol–water partition coefficient (Wildman–Crippen LogP) is 4.42. The monoisotopic (exact) mass is 421 g/mol. The second-order valence-corrected chi connectivity index (χ2v) is 10.2. The van der Waals surface area contributed by atoms with Crippen molar-refractivity contribution in [3.8, 4) is 11.1 Å². The molecule has 31 heavy (non-hydrogen) atoms. The second-order valence-electron chi connectivity index (χ2n) is 10.2. The van der Waals surface area contributed by atoms with Crippen LogP contribution in [0.25, 0.3) is 11.1 Å². The van der Waals surface area contributed by atoms with E-state index in [0.29, 0.717) is 38.8 Å². The Morgan fingerprint density at radius 1 is 1.06 bits per heavy atom. The summed E-state index contributed by atoms with van der Waals surface area (Å²) >= 11 is 0. The maximum atomic E-state index is 13.4. The molecule has 1 aromatic carbocycles. The number of hydrogen-bond acceptors (Lipinski definition) is 3. The van der Waals surface area contributed by atoms with Crippen molar-refractivity contribution >= 4 is 11.8 Å². The van der Waals surface area contributed by atoms with Gasteiger partial charge in [0, 0.05) is 51.6 Å². The number of piperidine rings is 1. The standard InChI is InChI=1S/C26H35N3O2/c1-25(2,3)18-23(30)29-15-12-26(13-16-29,24(31)28(4)5)17-20-9-6-7-11-22(20)21-10-8-14-27-19-21/h6-11,14,19H,12-13,15-18H2,1-5H3. The number of nitrogens with zero attached hydrogens (tertiary/aromatic N) is 3. The minimum Gasteiger partial charge on any atom is -0.348 e. The Balaban J connectivity index is 1.86. The van der Waals surface area contributed by atoms with E-state index in [2.05, 4.69) is 44.0 Å². The molecular formula is C26H35N3O2. The van der Waals surface area contributed by atoms with Gasteiger partial charge in [-0.15, -0.1) is 0 Å². The molecule has 5 nitrogen and oxygen atoms in total. The fraction of sp³-hybridized carbons (Fsp3) is 0.500. The number of carbonyl (C=O) groups excluding carboxylic acids is 2. The van der Waals surface area contributed by atoms with Crippen molar-refractivity contribution in [2.75, 3.05) is 27.2 Å². The Morgan fingerprint density at radius 3 is 2.32 bits per heavy atom. The van der Waals surface area contributed by atoms with Crippen LogP contribution in [-0.4, -0.2) is 53.8 Å². The van der Waals surface area contributed by atoms with E-state index in [1.807, 2.05) is 43.4 Å². The zero-order chi connectivity index (χ0) is 22.6. The summed E-state index contributed by atoms with van der Waals surface area (Å²) in [5, 5.41) is 0. The van der Waals surface area contributed by atoms with Gasteiger partial charge in [-0.2, -0.15) is 0 Å². The highest BCUT2D eigenvalue weighted by atomic mass is 16.2. The first-order chi connectivity index (χ1) is 14.6. The van der Waals surface area contributed by atoms with Gasteiger partial charge in [-0.25, -0.2) is 0 Å². The third kappa shape index (κ3) is 5.52. The number of pyridine rings is 1. The fourth-order valence-corrected chi connectivity index (χ4v) is 4.53. The molecule has 1 fully saturated rings. The molecule has 2 amide bonds. The molecule has 0 radical (unpaired) electrons. The van der Waals surface area contributed by atoms with Crippen LogP contribution in [0.2, 0.25) is 0 Å². The number of hydrogen-bond donors (Lipinski definition) is 0. The van der Waals surface area contributed by atoms with E-state index in [0.717, 1.165) is 16.7 Å². The Bertz CT molecular complexity index is 908. The van der Waals surface area contributed by atoms with Crippen molar-refractivity contribution in [3.63, 3.8) is 0 Å². The van der Waals surface area contributed by atoms with E-state index in [4.69, 9.17) is 0 Å². The molecule has 2 heterocycles. The molecule has 0 spiro atoms. The fourth-order valence-electron chi connectivity index (χ4n) is 4.53. The molecule has 1 aromatic heterocycles. The van der Waals surface area contributed by atoms with Gasteiger partial charge in [-0.3, -0.25) is 14.6 Å². The first kappa shape index (κ1) is 23.0. The maximum absolute atomic E-state index is 13.4. The highest BCUT2D eigenvalue weighted by Crippen LogP contribution is 2.39. The zero-order valence-corrected chi connectivity index (χ0v) is 19.5. The van der Waals surface area contributed by atoms with Crippen LogP contribution < -0.4 is 0 Å². The average Bonchev–Trinajstić information content (AvgIpc) is 2.73. The first-order valence-electron chi connectivity index (χ1n) is 11.1. The molecule has 3 rings (SSSR count). The molecule has 5 heteroatoms. The van der Waals surface area contributed by atoms with Crippen LogP contribution >= 0.6 is 0 Å². The van der Waals surface area contributed by atoms with Crippen LogP contribution in [0.1, 0.15) is 45.6 Å². The van der Waals surface area contributed by atoms with Crippen LogP contribution in [0.3, 0.4) is 0 Å². The summed E-state index contributed by atoms with van der Waals surface area (Å²) in [5.74, 6) is 0.338. The van der Waals surface area contributed by atoms with Crippen LogP contribution in [0.4, 0.5) is 0 Å². The van der Waals surface area contributed by atoms with Gasteiger partial charge in [0.2, 0.25) is 11.8 Å². The van der Waals surface area contributed by atoms with E-state index < -0.39 is 5.41 Å². The van der Waals surface area contributed by atoms with E-state index in [9.17, 15) is 9.59 Å². The van der Waals surface area contributed by atoms with E-state index in [-0.39, 0.29) is 17.2 Å². The van der Waals surface area contributed by atoms with Gasteiger partial charge < -0.3 is 9.80 Å². The van der Waals surface area contributed by atoms with Crippen molar-refractivity contribution in [2.24, 2.45) is 10.8 Å². The van der Waals surface area contributed by atoms with Gasteiger partial charge in [-0.05, 0) is 41.9 Å². The Hall–Kier alpha value is -2.69. The summed E-state index contributed by atoms with van der Waals surface area (Å²) in [6, 6.07) is 12.3. The molecule has 0 bridgehead atoms. The molecule has 166 valence electrons. The number of amides is 2. The summed E-state index contributed by atoms with van der Waals surface area (Å²) in [4.78, 5) is 34.1. The van der Waals surface area contributed by atoms with Gasteiger partial charge in [0.25, 0.3) is 0 Å². The largest absolute Gasteiger partial charge is 0.348 e. The minimum absolute atomic E-state index is 0.0340. The van der Waals surface area contributed by atoms with Gasteiger partial charge in [0.15, 0.2) is 0 Å². The van der Waals surface area contributed by atoms with Crippen LogP contribution in [0.5, 0.6) is 0 Å². The van der Waals surface area contributed by atoms with Crippen molar-refractivity contribution in [2.45, 2.75) is 46.5 Å². The molecule has 2 aromatic rings. The number of likely N-dealkylation sites (tertiary alicyclic amines) is 1. The molecule has 0 atom stereocenters. The molecule has 0 saturated carbocycles. The lowest BCUT2D eigenvalue weighted by molar-refractivity contribution is -0.146. The third-order valence-corrected chi connectivity index (χ3v) is 6.13. The quantitative estimate of drug-likeness (QED) is 0.718. The van der Waals surface area contributed by atoms with Crippen LogP contribution in [0, 0.1) is 10.8 Å². The zero-order valence-electron chi connectivity index (χ0n) is 19.5. The summed E-state index contributed by atoms with van der Waals surface area (Å²) in [5.41, 5.74) is 2.80. The second kappa shape index (κ2) is 9.21. The third-order valence-electron chi connectivity index (χ3n) is 6.13. The Morgan fingerprint density at radius 2 is 1.74 bits per heavy atom. The van der Waals surface area contributed by atoms with Crippen LogP contribution in [0.15, 0.2) is 48.8 Å². The summed E-state index contributed by atoms with van der Waals surface area (Å²) in [6.07, 6.45) is 6.20. The molecular weight excluding hydrogens is 386 g/mol. The molecule has 0 unspecified atom stereocenters. The normalized spacial score (nSPS) is 16.1. The smallest absolute Gasteiger partial charge is 0.228 e. The van der Waals surface area contributed by atoms with E-state index in [1.165, 1.54) is 0 Å². The van der Waals surface area contributed by atoms with E-state index in [1.54, 1.807) is 11.1 Å². The van der Waals surface area contributed by atoms with Gasteiger partial charge >= 0.3 is 0 Å². The number of benzene rings is 1. The van der Waals surface area contributed by atoms with E-state index >= 15 is 0 Å². The minimum atomic E-state index is -0.500. The molecule has 0 N–H and O–H groups in total.